The molecule has 0 aliphatic heterocycles. The molecule has 3 nitrogen and oxygen atoms in total. The van der Waals surface area contributed by atoms with Gasteiger partial charge in [0.05, 0.1) is 6.21 Å². The normalized spacial score (nSPS) is 10.4. The molecule has 1 rings (SSSR count). The molecule has 0 amide bonds. The maximum atomic E-state index is 5.17. The number of hydrazone groups is 1. The molecule has 1 aromatic rings. The Bertz CT molecular complexity index is 303. The van der Waals surface area contributed by atoms with Gasteiger partial charge in [0, 0.05) is 9.75 Å². The van der Waals surface area contributed by atoms with Gasteiger partial charge in [-0.3, -0.25) is 5.43 Å². The lowest BCUT2D eigenvalue weighted by Crippen LogP contribution is -2.23. The van der Waals surface area contributed by atoms with Crippen molar-refractivity contribution >= 4 is 34.9 Å². The maximum Gasteiger partial charge on any atom is 0.184 e. The number of nitrogens with zero attached hydrogens (tertiary/aromatic N) is 1. The summed E-state index contributed by atoms with van der Waals surface area (Å²) in [5.41, 5.74) is 7.66. The topological polar surface area (TPSA) is 50.4 Å². The highest BCUT2D eigenvalue weighted by Gasteiger charge is 1.90. The predicted molar refractivity (Wildman–Crippen MR) is 56.6 cm³/mol. The van der Waals surface area contributed by atoms with Gasteiger partial charge in [-0.05, 0) is 31.3 Å². The van der Waals surface area contributed by atoms with Crippen molar-refractivity contribution in [1.29, 1.82) is 0 Å². The zero-order chi connectivity index (χ0) is 8.97. The van der Waals surface area contributed by atoms with E-state index in [1.807, 2.05) is 19.1 Å². The first-order chi connectivity index (χ1) is 5.68. The van der Waals surface area contributed by atoms with Crippen molar-refractivity contribution in [3.8, 4) is 0 Å². The molecule has 5 heteroatoms. The van der Waals surface area contributed by atoms with Crippen LogP contribution in [-0.4, -0.2) is 11.3 Å². The number of rotatable bonds is 2. The molecule has 0 aliphatic rings. The van der Waals surface area contributed by atoms with E-state index in [0.29, 0.717) is 0 Å². The second-order valence-corrected chi connectivity index (χ2v) is 3.94. The molecule has 3 N–H and O–H groups in total. The molecule has 1 heterocycles. The second-order valence-electron chi connectivity index (χ2n) is 2.18. The van der Waals surface area contributed by atoms with Gasteiger partial charge in [0.2, 0.25) is 0 Å². The first-order valence-electron chi connectivity index (χ1n) is 3.33. The van der Waals surface area contributed by atoms with E-state index < -0.39 is 0 Å². The number of nitrogens with one attached hydrogen (secondary N) is 1. The smallest absolute Gasteiger partial charge is 0.184 e. The van der Waals surface area contributed by atoms with Crippen LogP contribution in [0, 0.1) is 6.92 Å². The van der Waals surface area contributed by atoms with Crippen LogP contribution in [0.25, 0.3) is 0 Å². The van der Waals surface area contributed by atoms with E-state index in [0.717, 1.165) is 4.88 Å². The van der Waals surface area contributed by atoms with Crippen molar-refractivity contribution < 1.29 is 0 Å². The quantitative estimate of drug-likeness (QED) is 0.428. The number of thiophene rings is 1. The van der Waals surface area contributed by atoms with Crippen LogP contribution in [-0.2, 0) is 0 Å². The monoisotopic (exact) mass is 199 g/mol. The molecule has 0 atom stereocenters. The summed E-state index contributed by atoms with van der Waals surface area (Å²) >= 11 is 6.24. The highest BCUT2D eigenvalue weighted by atomic mass is 32.1. The molecular weight excluding hydrogens is 190 g/mol. The van der Waals surface area contributed by atoms with Crippen LogP contribution < -0.4 is 11.2 Å². The number of hydrogen-bond donors (Lipinski definition) is 2. The average Bonchev–Trinajstić information content (AvgIpc) is 2.35. The lowest BCUT2D eigenvalue weighted by Gasteiger charge is -1.91. The third kappa shape index (κ3) is 2.98. The molecule has 0 bridgehead atoms. The average molecular weight is 199 g/mol. The fraction of sp³-hybridized carbons (Fsp3) is 0.143. The summed E-state index contributed by atoms with van der Waals surface area (Å²) in [6.07, 6.45) is 1.69. The SMILES string of the molecule is Cc1ccc(C=NNC(N)=S)s1. The fourth-order valence-electron chi connectivity index (χ4n) is 0.682. The second kappa shape index (κ2) is 4.18. The molecule has 0 unspecified atom stereocenters. The maximum absolute atomic E-state index is 5.17. The third-order valence-corrected chi connectivity index (χ3v) is 2.15. The Hall–Kier alpha value is -0.940. The summed E-state index contributed by atoms with van der Waals surface area (Å²) in [5.74, 6) is 0. The summed E-state index contributed by atoms with van der Waals surface area (Å²) in [5, 5.41) is 4.00. The van der Waals surface area contributed by atoms with Crippen LogP contribution >= 0.6 is 23.6 Å². The van der Waals surface area contributed by atoms with Crippen LogP contribution in [0.2, 0.25) is 0 Å². The Balaban J connectivity index is 2.52. The highest BCUT2D eigenvalue weighted by molar-refractivity contribution is 7.80. The van der Waals surface area contributed by atoms with Crippen LogP contribution in [0.1, 0.15) is 9.75 Å². The van der Waals surface area contributed by atoms with E-state index in [1.54, 1.807) is 17.6 Å². The van der Waals surface area contributed by atoms with E-state index in [2.05, 4.69) is 22.7 Å². The van der Waals surface area contributed by atoms with E-state index in [1.165, 1.54) is 4.88 Å². The van der Waals surface area contributed by atoms with Crippen molar-refractivity contribution in [3.05, 3.63) is 21.9 Å². The summed E-state index contributed by atoms with van der Waals surface area (Å²) < 4.78 is 0. The summed E-state index contributed by atoms with van der Waals surface area (Å²) in [4.78, 5) is 2.34. The Morgan fingerprint density at radius 2 is 2.50 bits per heavy atom. The minimum atomic E-state index is 0.180. The van der Waals surface area contributed by atoms with E-state index >= 15 is 0 Å². The zero-order valence-electron chi connectivity index (χ0n) is 6.57. The molecule has 0 fully saturated rings. The van der Waals surface area contributed by atoms with Gasteiger partial charge in [-0.25, -0.2) is 0 Å². The third-order valence-electron chi connectivity index (χ3n) is 1.13. The molecule has 0 saturated carbocycles. The van der Waals surface area contributed by atoms with Gasteiger partial charge in [-0.15, -0.1) is 11.3 Å². The van der Waals surface area contributed by atoms with Gasteiger partial charge >= 0.3 is 0 Å². The van der Waals surface area contributed by atoms with Gasteiger partial charge in [-0.1, -0.05) is 0 Å². The molecule has 0 aromatic carbocycles. The minimum absolute atomic E-state index is 0.180. The number of nitrogens with two attached hydrogens (primary N) is 1. The minimum Gasteiger partial charge on any atom is -0.375 e. The zero-order valence-corrected chi connectivity index (χ0v) is 8.21. The molecule has 0 radical (unpaired) electrons. The van der Waals surface area contributed by atoms with E-state index in [4.69, 9.17) is 5.73 Å². The standard InChI is InChI=1S/C7H9N3S2/c1-5-2-3-6(12-5)4-9-10-7(8)11/h2-4H,1H3,(H3,8,10,11). The van der Waals surface area contributed by atoms with Crippen LogP contribution in [0.4, 0.5) is 0 Å². The Kier molecular flexibility index (Phi) is 3.19. The van der Waals surface area contributed by atoms with Crippen molar-refractivity contribution in [2.24, 2.45) is 10.8 Å². The summed E-state index contributed by atoms with van der Waals surface area (Å²) in [6, 6.07) is 4.03. The Morgan fingerprint density at radius 1 is 1.75 bits per heavy atom. The summed E-state index contributed by atoms with van der Waals surface area (Å²) in [6.45, 7) is 2.04. The number of thiocarbonyl (C=S) groups is 1. The van der Waals surface area contributed by atoms with E-state index in [-0.39, 0.29) is 5.11 Å². The fourth-order valence-corrected chi connectivity index (χ4v) is 1.48. The lowest BCUT2D eigenvalue weighted by atomic mass is 10.4. The molecule has 64 valence electrons. The number of aryl methyl sites for hydroxylation is 1. The molecule has 0 aliphatic carbocycles. The first-order valence-corrected chi connectivity index (χ1v) is 4.56. The number of hydrogen-bond acceptors (Lipinski definition) is 3. The first kappa shape index (κ1) is 9.15. The molecule has 0 spiro atoms. The molecule has 12 heavy (non-hydrogen) atoms. The van der Waals surface area contributed by atoms with Crippen molar-refractivity contribution in [1.82, 2.24) is 5.43 Å². The van der Waals surface area contributed by atoms with Crippen LogP contribution in [0.5, 0.6) is 0 Å². The largest absolute Gasteiger partial charge is 0.375 e. The van der Waals surface area contributed by atoms with Gasteiger partial charge < -0.3 is 5.73 Å². The summed E-state index contributed by atoms with van der Waals surface area (Å²) in [7, 11) is 0. The lowest BCUT2D eigenvalue weighted by molar-refractivity contribution is 1.04. The Morgan fingerprint density at radius 3 is 3.00 bits per heavy atom. The predicted octanol–water partition coefficient (Wildman–Crippen LogP) is 1.22. The highest BCUT2D eigenvalue weighted by Crippen LogP contribution is 2.11. The van der Waals surface area contributed by atoms with Gasteiger partial charge in [0.15, 0.2) is 5.11 Å². The molecular formula is C7H9N3S2. The molecule has 1 aromatic heterocycles. The van der Waals surface area contributed by atoms with E-state index in [9.17, 15) is 0 Å². The van der Waals surface area contributed by atoms with Crippen molar-refractivity contribution in [2.75, 3.05) is 0 Å². The van der Waals surface area contributed by atoms with Crippen molar-refractivity contribution in [3.63, 3.8) is 0 Å². The van der Waals surface area contributed by atoms with Crippen molar-refractivity contribution in [2.45, 2.75) is 6.92 Å². The van der Waals surface area contributed by atoms with Gasteiger partial charge in [0.1, 0.15) is 0 Å². The Labute approximate surface area is 80.3 Å². The molecule has 0 saturated heterocycles. The van der Waals surface area contributed by atoms with Crippen LogP contribution in [0.15, 0.2) is 17.2 Å². The van der Waals surface area contributed by atoms with Gasteiger partial charge in [0.25, 0.3) is 0 Å². The van der Waals surface area contributed by atoms with Crippen LogP contribution in [0.3, 0.4) is 0 Å². The van der Waals surface area contributed by atoms with Gasteiger partial charge in [-0.2, -0.15) is 5.10 Å².